The topological polar surface area (TPSA) is 64.9 Å². The third kappa shape index (κ3) is 2.68. The molecule has 0 unspecified atom stereocenters. The molecule has 1 amide bonds. The second-order valence-corrected chi connectivity index (χ2v) is 5.47. The molecule has 3 aromatic rings. The van der Waals surface area contributed by atoms with Crippen LogP contribution in [0.5, 0.6) is 11.5 Å². The maximum Gasteiger partial charge on any atom is 0.248 e. The molecule has 1 aromatic carbocycles. The number of benzene rings is 1. The van der Waals surface area contributed by atoms with E-state index in [-0.39, 0.29) is 12.7 Å². The minimum absolute atomic E-state index is 0.194. The molecule has 1 N–H and O–H groups in total. The molecule has 0 aliphatic carbocycles. The Balaban J connectivity index is 1.53. The van der Waals surface area contributed by atoms with Crippen molar-refractivity contribution in [3.8, 4) is 11.5 Å². The van der Waals surface area contributed by atoms with Crippen LogP contribution in [0.25, 0.3) is 11.7 Å². The van der Waals surface area contributed by atoms with Gasteiger partial charge in [0.2, 0.25) is 12.7 Å². The lowest BCUT2D eigenvalue weighted by molar-refractivity contribution is -0.111. The van der Waals surface area contributed by atoms with Crippen LogP contribution >= 0.6 is 11.6 Å². The molecule has 1 aliphatic rings. The molecule has 0 saturated heterocycles. The van der Waals surface area contributed by atoms with Gasteiger partial charge in [0, 0.05) is 24.0 Å². The first-order valence-corrected chi connectivity index (χ1v) is 7.60. The third-order valence-electron chi connectivity index (χ3n) is 3.55. The number of anilines is 1. The van der Waals surface area contributed by atoms with E-state index in [1.54, 1.807) is 24.3 Å². The molecule has 24 heavy (non-hydrogen) atoms. The molecule has 1 aliphatic heterocycles. The van der Waals surface area contributed by atoms with Crippen LogP contribution in [0.4, 0.5) is 5.69 Å². The lowest BCUT2D eigenvalue weighted by Crippen LogP contribution is -2.07. The Bertz CT molecular complexity index is 965. The van der Waals surface area contributed by atoms with Crippen LogP contribution in [0.1, 0.15) is 5.69 Å². The van der Waals surface area contributed by atoms with Gasteiger partial charge in [0.05, 0.1) is 5.69 Å². The van der Waals surface area contributed by atoms with E-state index in [1.807, 2.05) is 28.8 Å². The first-order valence-electron chi connectivity index (χ1n) is 7.22. The quantitative estimate of drug-likeness (QED) is 0.742. The standard InChI is InChI=1S/C17H12ClN3O3/c18-17-12(21-8-2-1-3-15(21)20-17)5-7-16(22)19-11-4-6-13-14(9-11)24-10-23-13/h1-9H,10H2,(H,19,22)/b7-5+. The highest BCUT2D eigenvalue weighted by Gasteiger charge is 2.13. The van der Waals surface area contributed by atoms with E-state index in [9.17, 15) is 4.79 Å². The van der Waals surface area contributed by atoms with Crippen molar-refractivity contribution in [3.63, 3.8) is 0 Å². The number of ether oxygens (including phenoxy) is 2. The maximum absolute atomic E-state index is 12.1. The van der Waals surface area contributed by atoms with Gasteiger partial charge in [0.15, 0.2) is 16.7 Å². The van der Waals surface area contributed by atoms with Crippen molar-refractivity contribution < 1.29 is 14.3 Å². The fourth-order valence-electron chi connectivity index (χ4n) is 2.45. The molecule has 0 spiro atoms. The average Bonchev–Trinajstić information content (AvgIpc) is 3.16. The predicted octanol–water partition coefficient (Wildman–Crippen LogP) is 3.37. The van der Waals surface area contributed by atoms with E-state index in [2.05, 4.69) is 10.3 Å². The molecule has 4 rings (SSSR count). The minimum atomic E-state index is -0.282. The van der Waals surface area contributed by atoms with Gasteiger partial charge in [-0.05, 0) is 30.3 Å². The Morgan fingerprint density at radius 3 is 3.04 bits per heavy atom. The number of nitrogens with one attached hydrogen (secondary N) is 1. The van der Waals surface area contributed by atoms with Crippen LogP contribution in [-0.4, -0.2) is 22.1 Å². The Hall–Kier alpha value is -2.99. The summed E-state index contributed by atoms with van der Waals surface area (Å²) in [5, 5.41) is 3.11. The van der Waals surface area contributed by atoms with Crippen LogP contribution in [0.15, 0.2) is 48.7 Å². The van der Waals surface area contributed by atoms with E-state index in [0.29, 0.717) is 28.0 Å². The summed E-state index contributed by atoms with van der Waals surface area (Å²) in [4.78, 5) is 16.3. The van der Waals surface area contributed by atoms with Crippen LogP contribution in [0.3, 0.4) is 0 Å². The second kappa shape index (κ2) is 5.90. The highest BCUT2D eigenvalue weighted by atomic mass is 35.5. The third-order valence-corrected chi connectivity index (χ3v) is 3.83. The molecule has 0 bridgehead atoms. The Morgan fingerprint density at radius 2 is 2.12 bits per heavy atom. The second-order valence-electron chi connectivity index (χ2n) is 5.11. The van der Waals surface area contributed by atoms with Gasteiger partial charge in [-0.25, -0.2) is 4.98 Å². The van der Waals surface area contributed by atoms with E-state index < -0.39 is 0 Å². The number of imidazole rings is 1. The number of nitrogens with zero attached hydrogens (tertiary/aromatic N) is 2. The predicted molar refractivity (Wildman–Crippen MR) is 90.4 cm³/mol. The van der Waals surface area contributed by atoms with Crippen molar-refractivity contribution in [2.24, 2.45) is 0 Å². The van der Waals surface area contributed by atoms with E-state index in [4.69, 9.17) is 21.1 Å². The molecule has 120 valence electrons. The van der Waals surface area contributed by atoms with Crippen LogP contribution in [0, 0.1) is 0 Å². The lowest BCUT2D eigenvalue weighted by atomic mass is 10.2. The fraction of sp³-hybridized carbons (Fsp3) is 0.0588. The number of amides is 1. The number of hydrogen-bond acceptors (Lipinski definition) is 4. The highest BCUT2D eigenvalue weighted by molar-refractivity contribution is 6.31. The maximum atomic E-state index is 12.1. The van der Waals surface area contributed by atoms with Gasteiger partial charge in [-0.3, -0.25) is 9.20 Å². The van der Waals surface area contributed by atoms with Gasteiger partial charge >= 0.3 is 0 Å². The molecule has 2 aromatic heterocycles. The molecule has 0 fully saturated rings. The lowest BCUT2D eigenvalue weighted by Gasteiger charge is -2.03. The number of halogens is 1. The summed E-state index contributed by atoms with van der Waals surface area (Å²) in [7, 11) is 0. The number of pyridine rings is 1. The van der Waals surface area contributed by atoms with Gasteiger partial charge in [0.25, 0.3) is 0 Å². The largest absolute Gasteiger partial charge is 0.454 e. The fourth-order valence-corrected chi connectivity index (χ4v) is 2.69. The summed E-state index contributed by atoms with van der Waals surface area (Å²) >= 11 is 6.13. The van der Waals surface area contributed by atoms with Gasteiger partial charge < -0.3 is 14.8 Å². The molecule has 0 saturated carbocycles. The number of aromatic nitrogens is 2. The van der Waals surface area contributed by atoms with E-state index in [0.717, 1.165) is 5.65 Å². The van der Waals surface area contributed by atoms with Crippen molar-refractivity contribution >= 4 is 34.9 Å². The summed E-state index contributed by atoms with van der Waals surface area (Å²) in [5.41, 5.74) is 1.99. The van der Waals surface area contributed by atoms with E-state index in [1.165, 1.54) is 6.08 Å². The summed E-state index contributed by atoms with van der Waals surface area (Å²) in [6.07, 6.45) is 4.88. The first-order chi connectivity index (χ1) is 11.7. The monoisotopic (exact) mass is 341 g/mol. The zero-order valence-corrected chi connectivity index (χ0v) is 13.2. The number of carbonyl (C=O) groups is 1. The smallest absolute Gasteiger partial charge is 0.248 e. The number of carbonyl (C=O) groups excluding carboxylic acids is 1. The van der Waals surface area contributed by atoms with E-state index >= 15 is 0 Å². The molecule has 0 radical (unpaired) electrons. The summed E-state index contributed by atoms with van der Waals surface area (Å²) < 4.78 is 12.3. The molecule has 0 atom stereocenters. The van der Waals surface area contributed by atoms with Crippen LogP contribution in [0.2, 0.25) is 5.15 Å². The molecular weight excluding hydrogens is 330 g/mol. The van der Waals surface area contributed by atoms with Crippen molar-refractivity contribution in [3.05, 3.63) is 59.5 Å². The minimum Gasteiger partial charge on any atom is -0.454 e. The van der Waals surface area contributed by atoms with Crippen molar-refractivity contribution in [2.45, 2.75) is 0 Å². The Labute approximate surface area is 142 Å². The molecule has 6 nitrogen and oxygen atoms in total. The van der Waals surface area contributed by atoms with Crippen LogP contribution in [-0.2, 0) is 4.79 Å². The number of fused-ring (bicyclic) bond motifs is 2. The normalized spacial score (nSPS) is 12.9. The van der Waals surface area contributed by atoms with Gasteiger partial charge in [-0.15, -0.1) is 0 Å². The zero-order valence-electron chi connectivity index (χ0n) is 12.4. The number of hydrogen-bond donors (Lipinski definition) is 1. The molecule has 7 heteroatoms. The van der Waals surface area contributed by atoms with Crippen molar-refractivity contribution in [1.29, 1.82) is 0 Å². The summed E-state index contributed by atoms with van der Waals surface area (Å²) in [5.74, 6) is 0.999. The van der Waals surface area contributed by atoms with Gasteiger partial charge in [-0.1, -0.05) is 17.7 Å². The Morgan fingerprint density at radius 1 is 1.25 bits per heavy atom. The van der Waals surface area contributed by atoms with Gasteiger partial charge in [-0.2, -0.15) is 0 Å². The summed E-state index contributed by atoms with van der Waals surface area (Å²) in [6.45, 7) is 0.194. The van der Waals surface area contributed by atoms with Crippen molar-refractivity contribution in [1.82, 2.24) is 9.38 Å². The van der Waals surface area contributed by atoms with Crippen LogP contribution < -0.4 is 14.8 Å². The summed E-state index contributed by atoms with van der Waals surface area (Å²) in [6, 6.07) is 10.8. The average molecular weight is 342 g/mol. The molecule has 3 heterocycles. The zero-order chi connectivity index (χ0) is 16.5. The van der Waals surface area contributed by atoms with Gasteiger partial charge in [0.1, 0.15) is 5.65 Å². The highest BCUT2D eigenvalue weighted by Crippen LogP contribution is 2.34. The SMILES string of the molecule is O=C(/C=C/c1c(Cl)nc2ccccn12)Nc1ccc2c(c1)OCO2. The molecular formula is C17H12ClN3O3. The van der Waals surface area contributed by atoms with Crippen molar-refractivity contribution in [2.75, 3.05) is 12.1 Å². The number of rotatable bonds is 3. The first kappa shape index (κ1) is 14.6. The Kier molecular flexibility index (Phi) is 3.59.